The molecule has 0 fully saturated rings. The lowest BCUT2D eigenvalue weighted by molar-refractivity contribution is -0.143. The molecule has 1 rings (SSSR count). The summed E-state index contributed by atoms with van der Waals surface area (Å²) in [5.41, 5.74) is 0.440. The normalized spacial score (nSPS) is 11.7. The molecule has 0 aliphatic carbocycles. The van der Waals surface area contributed by atoms with Crippen molar-refractivity contribution in [2.45, 2.75) is 45.1 Å². The number of rotatable bonds is 8. The standard InChI is InChI=1S/C15H22N2O3/c1-3-4-5-6-9-13(15(19)20-2)17-14(18)12-8-7-10-16-11-12/h7-8,10-11,13H,3-6,9H2,1-2H3,(H,17,18)/t13-/m1/s1. The molecule has 0 radical (unpaired) electrons. The molecule has 1 heterocycles. The molecule has 5 nitrogen and oxygen atoms in total. The third-order valence-electron chi connectivity index (χ3n) is 3.06. The lowest BCUT2D eigenvalue weighted by atomic mass is 10.1. The second kappa shape index (κ2) is 9.07. The number of carbonyl (C=O) groups is 2. The summed E-state index contributed by atoms with van der Waals surface area (Å²) >= 11 is 0. The first kappa shape index (κ1) is 16.1. The third-order valence-corrected chi connectivity index (χ3v) is 3.06. The lowest BCUT2D eigenvalue weighted by Gasteiger charge is -2.16. The number of hydrogen-bond acceptors (Lipinski definition) is 4. The summed E-state index contributed by atoms with van der Waals surface area (Å²) in [6.07, 6.45) is 7.86. The van der Waals surface area contributed by atoms with Crippen LogP contribution < -0.4 is 5.32 Å². The van der Waals surface area contributed by atoms with E-state index in [2.05, 4.69) is 17.2 Å². The zero-order chi connectivity index (χ0) is 14.8. The number of pyridine rings is 1. The van der Waals surface area contributed by atoms with Gasteiger partial charge in [-0.05, 0) is 18.6 Å². The number of aromatic nitrogens is 1. The molecule has 0 spiro atoms. The highest BCUT2D eigenvalue weighted by molar-refractivity contribution is 5.96. The maximum absolute atomic E-state index is 12.0. The van der Waals surface area contributed by atoms with Crippen molar-refractivity contribution in [3.63, 3.8) is 0 Å². The van der Waals surface area contributed by atoms with E-state index >= 15 is 0 Å². The second-order valence-corrected chi connectivity index (χ2v) is 4.64. The smallest absolute Gasteiger partial charge is 0.328 e. The molecular formula is C15H22N2O3. The summed E-state index contributed by atoms with van der Waals surface area (Å²) in [4.78, 5) is 27.6. The molecule has 0 saturated heterocycles. The summed E-state index contributed by atoms with van der Waals surface area (Å²) in [5.74, 6) is -0.706. The number of hydrogen-bond donors (Lipinski definition) is 1. The Morgan fingerprint density at radius 2 is 2.15 bits per heavy atom. The Labute approximate surface area is 119 Å². The van der Waals surface area contributed by atoms with Crippen LogP contribution in [0.25, 0.3) is 0 Å². The molecule has 0 saturated carbocycles. The summed E-state index contributed by atoms with van der Waals surface area (Å²) < 4.78 is 4.74. The Morgan fingerprint density at radius 1 is 1.35 bits per heavy atom. The minimum Gasteiger partial charge on any atom is -0.467 e. The monoisotopic (exact) mass is 278 g/mol. The Hall–Kier alpha value is -1.91. The lowest BCUT2D eigenvalue weighted by Crippen LogP contribution is -2.41. The van der Waals surface area contributed by atoms with Crippen LogP contribution in [0.5, 0.6) is 0 Å². The van der Waals surface area contributed by atoms with Crippen molar-refractivity contribution < 1.29 is 14.3 Å². The van der Waals surface area contributed by atoms with Gasteiger partial charge in [0.25, 0.3) is 5.91 Å². The fourth-order valence-corrected chi connectivity index (χ4v) is 1.91. The number of nitrogens with one attached hydrogen (secondary N) is 1. The number of amides is 1. The van der Waals surface area contributed by atoms with E-state index in [0.717, 1.165) is 25.7 Å². The fourth-order valence-electron chi connectivity index (χ4n) is 1.91. The zero-order valence-electron chi connectivity index (χ0n) is 12.1. The molecule has 0 bridgehead atoms. The predicted octanol–water partition coefficient (Wildman–Crippen LogP) is 2.32. The number of nitrogens with zero attached hydrogens (tertiary/aromatic N) is 1. The highest BCUT2D eigenvalue weighted by Gasteiger charge is 2.21. The van der Waals surface area contributed by atoms with Crippen LogP contribution >= 0.6 is 0 Å². The van der Waals surface area contributed by atoms with Crippen LogP contribution in [0.15, 0.2) is 24.5 Å². The van der Waals surface area contributed by atoms with E-state index in [9.17, 15) is 9.59 Å². The van der Waals surface area contributed by atoms with Gasteiger partial charge in [0.1, 0.15) is 6.04 Å². The first-order valence-corrected chi connectivity index (χ1v) is 6.97. The van der Waals surface area contributed by atoms with E-state index in [0.29, 0.717) is 12.0 Å². The number of ether oxygens (including phenoxy) is 1. The van der Waals surface area contributed by atoms with Gasteiger partial charge in [0.2, 0.25) is 0 Å². The van der Waals surface area contributed by atoms with Crippen LogP contribution in [0.2, 0.25) is 0 Å². The van der Waals surface area contributed by atoms with Crippen LogP contribution in [-0.4, -0.2) is 30.0 Å². The van der Waals surface area contributed by atoms with E-state index in [1.807, 2.05) is 0 Å². The molecule has 1 aromatic heterocycles. The van der Waals surface area contributed by atoms with Crippen LogP contribution in [-0.2, 0) is 9.53 Å². The number of esters is 1. The molecule has 0 aromatic carbocycles. The SMILES string of the molecule is CCCCCC[C@@H](NC(=O)c1cccnc1)C(=O)OC. The van der Waals surface area contributed by atoms with E-state index in [4.69, 9.17) is 4.74 Å². The molecule has 0 aliphatic rings. The molecule has 1 N–H and O–H groups in total. The first-order chi connectivity index (χ1) is 9.69. The van der Waals surface area contributed by atoms with Crippen molar-refractivity contribution in [2.24, 2.45) is 0 Å². The second-order valence-electron chi connectivity index (χ2n) is 4.64. The predicted molar refractivity (Wildman–Crippen MR) is 76.3 cm³/mol. The highest BCUT2D eigenvalue weighted by atomic mass is 16.5. The molecule has 110 valence electrons. The summed E-state index contributed by atoms with van der Waals surface area (Å²) in [6, 6.07) is 2.75. The van der Waals surface area contributed by atoms with Crippen LogP contribution in [0.3, 0.4) is 0 Å². The Morgan fingerprint density at radius 3 is 2.75 bits per heavy atom. The van der Waals surface area contributed by atoms with Crippen molar-refractivity contribution >= 4 is 11.9 Å². The van der Waals surface area contributed by atoms with Crippen LogP contribution in [0.4, 0.5) is 0 Å². The molecule has 0 unspecified atom stereocenters. The van der Waals surface area contributed by atoms with E-state index in [1.54, 1.807) is 18.3 Å². The molecule has 0 aliphatic heterocycles. The molecule has 1 amide bonds. The first-order valence-electron chi connectivity index (χ1n) is 6.97. The van der Waals surface area contributed by atoms with Gasteiger partial charge in [0, 0.05) is 12.4 Å². The molecule has 1 atom stereocenters. The van der Waals surface area contributed by atoms with Gasteiger partial charge >= 0.3 is 5.97 Å². The van der Waals surface area contributed by atoms with Crippen molar-refractivity contribution in [2.75, 3.05) is 7.11 Å². The maximum atomic E-state index is 12.0. The fraction of sp³-hybridized carbons (Fsp3) is 0.533. The number of methoxy groups -OCH3 is 1. The van der Waals surface area contributed by atoms with Gasteiger partial charge in [-0.1, -0.05) is 32.6 Å². The Balaban J connectivity index is 2.56. The van der Waals surface area contributed by atoms with Gasteiger partial charge in [-0.2, -0.15) is 0 Å². The van der Waals surface area contributed by atoms with Gasteiger partial charge < -0.3 is 10.1 Å². The number of unbranched alkanes of at least 4 members (excludes halogenated alkanes) is 3. The molecule has 1 aromatic rings. The quantitative estimate of drug-likeness (QED) is 0.585. The van der Waals surface area contributed by atoms with Gasteiger partial charge in [0.15, 0.2) is 0 Å². The average molecular weight is 278 g/mol. The van der Waals surface area contributed by atoms with Crippen LogP contribution in [0.1, 0.15) is 49.4 Å². The van der Waals surface area contributed by atoms with Crippen molar-refractivity contribution in [1.82, 2.24) is 10.3 Å². The van der Waals surface area contributed by atoms with E-state index < -0.39 is 12.0 Å². The maximum Gasteiger partial charge on any atom is 0.328 e. The molecule has 20 heavy (non-hydrogen) atoms. The Bertz CT molecular complexity index is 420. The van der Waals surface area contributed by atoms with Crippen molar-refractivity contribution in [1.29, 1.82) is 0 Å². The van der Waals surface area contributed by atoms with Crippen molar-refractivity contribution in [3.8, 4) is 0 Å². The third kappa shape index (κ3) is 5.38. The van der Waals surface area contributed by atoms with E-state index in [1.165, 1.54) is 13.3 Å². The van der Waals surface area contributed by atoms with Crippen LogP contribution in [0, 0.1) is 0 Å². The van der Waals surface area contributed by atoms with Crippen molar-refractivity contribution in [3.05, 3.63) is 30.1 Å². The zero-order valence-corrected chi connectivity index (χ0v) is 12.1. The minimum atomic E-state index is -0.593. The summed E-state index contributed by atoms with van der Waals surface area (Å²) in [7, 11) is 1.33. The molecular weight excluding hydrogens is 256 g/mol. The van der Waals surface area contributed by atoms with Gasteiger partial charge in [-0.25, -0.2) is 4.79 Å². The molecule has 5 heteroatoms. The van der Waals surface area contributed by atoms with E-state index in [-0.39, 0.29) is 5.91 Å². The summed E-state index contributed by atoms with van der Waals surface area (Å²) in [5, 5.41) is 2.71. The minimum absolute atomic E-state index is 0.302. The van der Waals surface area contributed by atoms with Gasteiger partial charge in [-0.3, -0.25) is 9.78 Å². The van der Waals surface area contributed by atoms with Gasteiger partial charge in [-0.15, -0.1) is 0 Å². The summed E-state index contributed by atoms with van der Waals surface area (Å²) in [6.45, 7) is 2.13. The Kier molecular flexibility index (Phi) is 7.32. The van der Waals surface area contributed by atoms with Gasteiger partial charge in [0.05, 0.1) is 12.7 Å². The average Bonchev–Trinajstić information content (AvgIpc) is 2.50. The highest BCUT2D eigenvalue weighted by Crippen LogP contribution is 2.08. The largest absolute Gasteiger partial charge is 0.467 e. The number of carbonyl (C=O) groups excluding carboxylic acids is 2. The topological polar surface area (TPSA) is 68.3 Å².